The molecule has 1 aromatic carbocycles. The maximum absolute atomic E-state index is 13.0. The van der Waals surface area contributed by atoms with Gasteiger partial charge < -0.3 is 5.32 Å². The lowest BCUT2D eigenvalue weighted by molar-refractivity contribution is 0.966. The topological polar surface area (TPSA) is 59.8 Å². The molecular weight excluding hydrogens is 368 g/mol. The summed E-state index contributed by atoms with van der Waals surface area (Å²) in [7, 11) is 0. The zero-order chi connectivity index (χ0) is 18.3. The van der Waals surface area contributed by atoms with Gasteiger partial charge in [-0.3, -0.25) is 9.36 Å². The Morgan fingerprint density at radius 1 is 1.27 bits per heavy atom. The minimum atomic E-state index is -0.102. The number of nitrogens with zero attached hydrogens (tertiary/aromatic N) is 3. The van der Waals surface area contributed by atoms with Crippen molar-refractivity contribution < 1.29 is 0 Å². The summed E-state index contributed by atoms with van der Waals surface area (Å²) in [6.07, 6.45) is 3.27. The quantitative estimate of drug-likeness (QED) is 0.565. The molecule has 4 rings (SSSR count). The fourth-order valence-corrected chi connectivity index (χ4v) is 3.90. The van der Waals surface area contributed by atoms with Gasteiger partial charge in [-0.25, -0.2) is 9.97 Å². The Balaban J connectivity index is 1.92. The molecule has 1 N–H and O–H groups in total. The van der Waals surface area contributed by atoms with Gasteiger partial charge in [0, 0.05) is 16.9 Å². The van der Waals surface area contributed by atoms with Gasteiger partial charge in [-0.1, -0.05) is 35.9 Å². The van der Waals surface area contributed by atoms with Crippen molar-refractivity contribution in [3.63, 3.8) is 0 Å². The van der Waals surface area contributed by atoms with E-state index >= 15 is 0 Å². The fourth-order valence-electron chi connectivity index (χ4n) is 2.78. The molecule has 7 heteroatoms. The van der Waals surface area contributed by atoms with Gasteiger partial charge in [0.1, 0.15) is 15.9 Å². The second-order valence-electron chi connectivity index (χ2n) is 5.94. The zero-order valence-electron chi connectivity index (χ0n) is 14.0. The van der Waals surface area contributed by atoms with Crippen LogP contribution in [0.1, 0.15) is 5.56 Å². The van der Waals surface area contributed by atoms with Crippen molar-refractivity contribution in [3.8, 4) is 5.69 Å². The lowest BCUT2D eigenvalue weighted by Crippen LogP contribution is -2.17. The van der Waals surface area contributed by atoms with E-state index < -0.39 is 0 Å². The highest BCUT2D eigenvalue weighted by atomic mass is 35.5. The number of rotatable bonds is 4. The van der Waals surface area contributed by atoms with Crippen LogP contribution in [0, 0.1) is 6.92 Å². The molecular formula is C19H15ClN4OS. The molecule has 0 bridgehead atoms. The van der Waals surface area contributed by atoms with Crippen LogP contribution in [0.3, 0.4) is 0 Å². The number of pyridine rings is 1. The third-order valence-corrected chi connectivity index (χ3v) is 5.27. The molecule has 3 heterocycles. The number of aryl methyl sites for hydroxylation is 1. The van der Waals surface area contributed by atoms with Crippen LogP contribution < -0.4 is 10.9 Å². The summed E-state index contributed by atoms with van der Waals surface area (Å²) in [5, 5.41) is 4.56. The van der Waals surface area contributed by atoms with E-state index in [1.165, 1.54) is 11.3 Å². The molecule has 0 spiro atoms. The molecule has 0 unspecified atom stereocenters. The highest BCUT2D eigenvalue weighted by molar-refractivity contribution is 7.25. The van der Waals surface area contributed by atoms with Gasteiger partial charge in [0.15, 0.2) is 0 Å². The fraction of sp³-hybridized carbons (Fsp3) is 0.105. The third-order valence-electron chi connectivity index (χ3n) is 4.06. The number of aromatic nitrogens is 3. The summed E-state index contributed by atoms with van der Waals surface area (Å²) in [5.74, 6) is 0. The predicted molar refractivity (Wildman–Crippen MR) is 109 cm³/mol. The van der Waals surface area contributed by atoms with Crippen LogP contribution >= 0.6 is 22.9 Å². The molecule has 4 aromatic rings. The van der Waals surface area contributed by atoms with Crippen molar-refractivity contribution in [3.05, 3.63) is 70.4 Å². The second-order valence-corrected chi connectivity index (χ2v) is 7.48. The van der Waals surface area contributed by atoms with Gasteiger partial charge in [0.2, 0.25) is 0 Å². The van der Waals surface area contributed by atoms with E-state index in [0.717, 1.165) is 27.2 Å². The number of benzene rings is 1. The van der Waals surface area contributed by atoms with Crippen molar-refractivity contribution in [2.45, 2.75) is 6.92 Å². The van der Waals surface area contributed by atoms with Gasteiger partial charge in [-0.05, 0) is 25.1 Å². The van der Waals surface area contributed by atoms with Crippen LogP contribution in [0.4, 0.5) is 5.69 Å². The molecule has 0 aliphatic carbocycles. The maximum atomic E-state index is 13.0. The Bertz CT molecular complexity index is 1190. The second kappa shape index (κ2) is 6.55. The van der Waals surface area contributed by atoms with Gasteiger partial charge >= 0.3 is 0 Å². The Hall–Kier alpha value is -2.70. The summed E-state index contributed by atoms with van der Waals surface area (Å²) >= 11 is 7.20. The number of anilines is 1. The number of fused-ring (bicyclic) bond motifs is 3. The summed E-state index contributed by atoms with van der Waals surface area (Å²) < 4.78 is 2.14. The Morgan fingerprint density at radius 3 is 2.77 bits per heavy atom. The van der Waals surface area contributed by atoms with Crippen LogP contribution in [0.15, 0.2) is 59.3 Å². The average Bonchev–Trinajstić information content (AvgIpc) is 3.01. The first-order valence-corrected chi connectivity index (χ1v) is 9.17. The minimum absolute atomic E-state index is 0.102. The Morgan fingerprint density at radius 2 is 2.04 bits per heavy atom. The van der Waals surface area contributed by atoms with Crippen molar-refractivity contribution in [1.29, 1.82) is 0 Å². The first-order chi connectivity index (χ1) is 12.5. The normalized spacial score (nSPS) is 11.2. The number of thiophene rings is 1. The molecule has 0 saturated carbocycles. The van der Waals surface area contributed by atoms with Crippen LogP contribution in [0.25, 0.3) is 26.1 Å². The van der Waals surface area contributed by atoms with Crippen molar-refractivity contribution in [2.24, 2.45) is 0 Å². The first kappa shape index (κ1) is 16.8. The number of hydrogen-bond acceptors (Lipinski definition) is 5. The third kappa shape index (κ3) is 2.87. The number of hydrogen-bond donors (Lipinski definition) is 1. The molecule has 3 aromatic heterocycles. The molecule has 5 nitrogen and oxygen atoms in total. The van der Waals surface area contributed by atoms with Crippen molar-refractivity contribution >= 4 is 49.1 Å². The minimum Gasteiger partial charge on any atom is -0.379 e. The highest BCUT2D eigenvalue weighted by Crippen LogP contribution is 2.34. The van der Waals surface area contributed by atoms with E-state index in [0.29, 0.717) is 21.8 Å². The summed E-state index contributed by atoms with van der Waals surface area (Å²) in [4.78, 5) is 22.7. The van der Waals surface area contributed by atoms with E-state index in [1.807, 2.05) is 37.3 Å². The van der Waals surface area contributed by atoms with E-state index in [-0.39, 0.29) is 5.56 Å². The van der Waals surface area contributed by atoms with Gasteiger partial charge in [-0.2, -0.15) is 0 Å². The summed E-state index contributed by atoms with van der Waals surface area (Å²) in [6, 6.07) is 9.62. The molecule has 26 heavy (non-hydrogen) atoms. The monoisotopic (exact) mass is 382 g/mol. The van der Waals surface area contributed by atoms with Crippen LogP contribution in [-0.2, 0) is 0 Å². The zero-order valence-corrected chi connectivity index (χ0v) is 15.6. The van der Waals surface area contributed by atoms with Gasteiger partial charge in [0.25, 0.3) is 5.56 Å². The molecule has 130 valence electrons. The van der Waals surface area contributed by atoms with E-state index in [9.17, 15) is 4.79 Å². The highest BCUT2D eigenvalue weighted by Gasteiger charge is 2.16. The molecule has 0 fully saturated rings. The number of halogens is 1. The lowest BCUT2D eigenvalue weighted by atomic mass is 10.2. The molecule has 0 saturated heterocycles. The Labute approximate surface area is 158 Å². The molecule has 0 amide bonds. The molecule has 0 atom stereocenters. The van der Waals surface area contributed by atoms with E-state index in [1.54, 1.807) is 17.1 Å². The average molecular weight is 383 g/mol. The maximum Gasteiger partial charge on any atom is 0.275 e. The van der Waals surface area contributed by atoms with Crippen LogP contribution in [0.2, 0.25) is 0 Å². The molecule has 0 radical (unpaired) electrons. The van der Waals surface area contributed by atoms with Gasteiger partial charge in [0.05, 0.1) is 23.1 Å². The molecule has 0 aliphatic rings. The van der Waals surface area contributed by atoms with Crippen molar-refractivity contribution in [1.82, 2.24) is 14.5 Å². The predicted octanol–water partition coefficient (Wildman–Crippen LogP) is 4.47. The SMILES string of the molecule is C=C(Cl)CNc1ccnc2sc3c(=O)n(-c4ccc(C)cc4)cnc3c12. The lowest BCUT2D eigenvalue weighted by Gasteiger charge is -2.07. The van der Waals surface area contributed by atoms with E-state index in [4.69, 9.17) is 11.6 Å². The smallest absolute Gasteiger partial charge is 0.275 e. The summed E-state index contributed by atoms with van der Waals surface area (Å²) in [6.45, 7) is 6.13. The largest absolute Gasteiger partial charge is 0.379 e. The summed E-state index contributed by atoms with van der Waals surface area (Å²) in [5.41, 5.74) is 3.31. The Kier molecular flexibility index (Phi) is 4.22. The van der Waals surface area contributed by atoms with Crippen molar-refractivity contribution in [2.75, 3.05) is 11.9 Å². The standard InChI is InChI=1S/C19H15ClN4OS/c1-11-3-5-13(6-4-11)24-10-23-16-15-14(22-9-12(2)20)7-8-21-18(15)26-17(16)19(24)25/h3-8,10H,2,9H2,1H3,(H,21,22). The van der Waals surface area contributed by atoms with Crippen LogP contribution in [-0.4, -0.2) is 21.1 Å². The van der Waals surface area contributed by atoms with E-state index in [2.05, 4.69) is 21.9 Å². The first-order valence-electron chi connectivity index (χ1n) is 7.97. The van der Waals surface area contributed by atoms with Crippen LogP contribution in [0.5, 0.6) is 0 Å². The number of nitrogens with one attached hydrogen (secondary N) is 1. The van der Waals surface area contributed by atoms with Gasteiger partial charge in [-0.15, -0.1) is 11.3 Å². The molecule has 0 aliphatic heterocycles.